The van der Waals surface area contributed by atoms with Gasteiger partial charge < -0.3 is 9.73 Å². The first-order valence-electron chi connectivity index (χ1n) is 7.80. The Labute approximate surface area is 149 Å². The topological polar surface area (TPSA) is 64.2 Å². The van der Waals surface area contributed by atoms with Gasteiger partial charge in [-0.1, -0.05) is 59.6 Å². The zero-order valence-corrected chi connectivity index (χ0v) is 14.4. The van der Waals surface area contributed by atoms with Crippen LogP contribution in [0, 0.1) is 6.92 Å². The van der Waals surface area contributed by atoms with E-state index in [1.807, 2.05) is 49.4 Å². The Hall–Kier alpha value is -2.79. The summed E-state index contributed by atoms with van der Waals surface area (Å²) in [7, 11) is 0. The number of rotatable bonds is 5. The molecule has 0 saturated heterocycles. The van der Waals surface area contributed by atoms with Crippen LogP contribution in [0.15, 0.2) is 63.9 Å². The van der Waals surface area contributed by atoms with Crippen molar-refractivity contribution >= 4 is 17.5 Å². The highest BCUT2D eigenvalue weighted by Gasteiger charge is 2.11. The molecule has 3 aromatic rings. The number of hydrogen-bond donors (Lipinski definition) is 1. The minimum Gasteiger partial charge on any atom is -0.408 e. The van der Waals surface area contributed by atoms with Crippen molar-refractivity contribution in [1.29, 1.82) is 0 Å². The average molecular weight is 357 g/mol. The zero-order valence-electron chi connectivity index (χ0n) is 13.7. The van der Waals surface area contributed by atoms with Crippen molar-refractivity contribution in [2.24, 2.45) is 0 Å². The fourth-order valence-corrected chi connectivity index (χ4v) is 2.58. The number of carbonyl (C=O) groups is 1. The third-order valence-corrected chi connectivity index (χ3v) is 4.16. The number of nitrogens with zero attached hydrogens (tertiary/aromatic N) is 1. The first-order valence-corrected chi connectivity index (χ1v) is 8.18. The van der Waals surface area contributed by atoms with E-state index < -0.39 is 5.76 Å². The van der Waals surface area contributed by atoms with E-state index in [0.29, 0.717) is 17.3 Å². The summed E-state index contributed by atoms with van der Waals surface area (Å²) in [6, 6.07) is 14.9. The van der Waals surface area contributed by atoms with Gasteiger partial charge in [-0.05, 0) is 18.6 Å². The average Bonchev–Trinajstić information content (AvgIpc) is 2.95. The molecule has 1 heterocycles. The summed E-state index contributed by atoms with van der Waals surface area (Å²) in [4.78, 5) is 24.0. The van der Waals surface area contributed by atoms with Crippen molar-refractivity contribution in [2.45, 2.75) is 20.0 Å². The van der Waals surface area contributed by atoms with Gasteiger partial charge in [-0.25, -0.2) is 4.79 Å². The molecule has 0 radical (unpaired) electrons. The molecule has 1 amide bonds. The summed E-state index contributed by atoms with van der Waals surface area (Å²) in [6.07, 6.45) is 1.54. The number of halogens is 1. The number of oxazole rings is 1. The van der Waals surface area contributed by atoms with Gasteiger partial charge in [0.25, 0.3) is 0 Å². The Morgan fingerprint density at radius 1 is 1.16 bits per heavy atom. The molecule has 3 rings (SSSR count). The molecule has 2 aromatic carbocycles. The van der Waals surface area contributed by atoms with Crippen LogP contribution in [0.1, 0.15) is 11.1 Å². The van der Waals surface area contributed by atoms with Crippen molar-refractivity contribution in [1.82, 2.24) is 9.88 Å². The van der Waals surface area contributed by atoms with Gasteiger partial charge in [-0.3, -0.25) is 9.36 Å². The maximum atomic E-state index is 12.1. The number of carbonyl (C=O) groups excluding carboxylic acids is 1. The predicted molar refractivity (Wildman–Crippen MR) is 96.4 cm³/mol. The maximum Gasteiger partial charge on any atom is 0.419 e. The monoisotopic (exact) mass is 356 g/mol. The first-order chi connectivity index (χ1) is 12.0. The normalized spacial score (nSPS) is 10.6. The van der Waals surface area contributed by atoms with Crippen LogP contribution in [-0.2, 0) is 17.9 Å². The van der Waals surface area contributed by atoms with Gasteiger partial charge in [-0.15, -0.1) is 0 Å². The summed E-state index contributed by atoms with van der Waals surface area (Å²) in [6.45, 7) is 2.17. The van der Waals surface area contributed by atoms with Crippen LogP contribution in [0.4, 0.5) is 0 Å². The van der Waals surface area contributed by atoms with Crippen LogP contribution in [0.5, 0.6) is 0 Å². The second kappa shape index (κ2) is 7.40. The van der Waals surface area contributed by atoms with Gasteiger partial charge >= 0.3 is 5.76 Å². The zero-order chi connectivity index (χ0) is 17.8. The lowest BCUT2D eigenvalue weighted by molar-refractivity contribution is -0.121. The molecule has 0 aliphatic carbocycles. The Morgan fingerprint density at radius 2 is 1.88 bits per heavy atom. The van der Waals surface area contributed by atoms with Crippen LogP contribution < -0.4 is 11.1 Å². The fourth-order valence-electron chi connectivity index (χ4n) is 2.38. The SMILES string of the molecule is Cc1ccc(-c2cn(CC(=O)NCc3ccccc3Cl)c(=O)o2)cc1. The molecule has 0 aliphatic rings. The Morgan fingerprint density at radius 3 is 2.60 bits per heavy atom. The van der Waals surface area contributed by atoms with Crippen molar-refractivity contribution in [3.8, 4) is 11.3 Å². The largest absolute Gasteiger partial charge is 0.419 e. The number of amides is 1. The van der Waals surface area contributed by atoms with Crippen LogP contribution >= 0.6 is 11.6 Å². The molecule has 5 nitrogen and oxygen atoms in total. The van der Waals surface area contributed by atoms with E-state index in [-0.39, 0.29) is 12.5 Å². The van der Waals surface area contributed by atoms with Crippen LogP contribution in [0.25, 0.3) is 11.3 Å². The molecule has 0 spiro atoms. The van der Waals surface area contributed by atoms with Crippen molar-refractivity contribution < 1.29 is 9.21 Å². The molecule has 1 aromatic heterocycles. The maximum absolute atomic E-state index is 12.1. The summed E-state index contributed by atoms with van der Waals surface area (Å²) in [5.41, 5.74) is 2.72. The summed E-state index contributed by atoms with van der Waals surface area (Å²) in [5.74, 6) is -0.425. The molecule has 0 unspecified atom stereocenters. The van der Waals surface area contributed by atoms with Gasteiger partial charge in [0.15, 0.2) is 5.76 Å². The first kappa shape index (κ1) is 17.0. The number of aryl methyl sites for hydroxylation is 1. The summed E-state index contributed by atoms with van der Waals surface area (Å²) < 4.78 is 6.48. The molecule has 25 heavy (non-hydrogen) atoms. The highest BCUT2D eigenvalue weighted by molar-refractivity contribution is 6.31. The molecule has 0 fully saturated rings. The molecular weight excluding hydrogens is 340 g/mol. The number of nitrogens with one attached hydrogen (secondary N) is 1. The van der Waals surface area contributed by atoms with Gasteiger partial charge in [-0.2, -0.15) is 0 Å². The number of benzene rings is 2. The molecule has 0 bridgehead atoms. The highest BCUT2D eigenvalue weighted by Crippen LogP contribution is 2.18. The number of aromatic nitrogens is 1. The molecule has 128 valence electrons. The van der Waals surface area contributed by atoms with E-state index in [2.05, 4.69) is 5.32 Å². The van der Waals surface area contributed by atoms with E-state index in [1.54, 1.807) is 12.3 Å². The fraction of sp³-hybridized carbons (Fsp3) is 0.158. The van der Waals surface area contributed by atoms with E-state index >= 15 is 0 Å². The van der Waals surface area contributed by atoms with Gasteiger partial charge in [0.05, 0.1) is 6.20 Å². The van der Waals surface area contributed by atoms with Crippen LogP contribution in [-0.4, -0.2) is 10.5 Å². The summed E-state index contributed by atoms with van der Waals surface area (Å²) >= 11 is 6.05. The van der Waals surface area contributed by atoms with Gasteiger partial charge in [0.1, 0.15) is 6.54 Å². The molecular formula is C19H17ClN2O3. The van der Waals surface area contributed by atoms with Crippen molar-refractivity contribution in [3.05, 3.63) is 81.4 Å². The summed E-state index contributed by atoms with van der Waals surface area (Å²) in [5, 5.41) is 3.34. The standard InChI is InChI=1S/C19H17ClN2O3/c1-13-6-8-14(9-7-13)17-11-22(19(24)25-17)12-18(23)21-10-15-4-2-3-5-16(15)20/h2-9,11H,10,12H2,1H3,(H,21,23). The van der Waals surface area contributed by atoms with E-state index in [4.69, 9.17) is 16.0 Å². The third-order valence-electron chi connectivity index (χ3n) is 3.79. The smallest absolute Gasteiger partial charge is 0.408 e. The quantitative estimate of drug-likeness (QED) is 0.762. The van der Waals surface area contributed by atoms with Gasteiger partial charge in [0, 0.05) is 17.1 Å². The molecule has 1 N–H and O–H groups in total. The highest BCUT2D eigenvalue weighted by atomic mass is 35.5. The van der Waals surface area contributed by atoms with Crippen molar-refractivity contribution in [2.75, 3.05) is 0 Å². The molecule has 0 saturated carbocycles. The van der Waals surface area contributed by atoms with Crippen molar-refractivity contribution in [3.63, 3.8) is 0 Å². The van der Waals surface area contributed by atoms with Crippen LogP contribution in [0.3, 0.4) is 0 Å². The number of hydrogen-bond acceptors (Lipinski definition) is 3. The van der Waals surface area contributed by atoms with Gasteiger partial charge in [0.2, 0.25) is 5.91 Å². The third kappa shape index (κ3) is 4.19. The minimum atomic E-state index is -0.566. The lowest BCUT2D eigenvalue weighted by Crippen LogP contribution is -2.30. The molecule has 0 atom stereocenters. The van der Waals surface area contributed by atoms with E-state index in [9.17, 15) is 9.59 Å². The van der Waals surface area contributed by atoms with E-state index in [0.717, 1.165) is 16.7 Å². The molecule has 6 heteroatoms. The predicted octanol–water partition coefficient (Wildman–Crippen LogP) is 3.39. The van der Waals surface area contributed by atoms with Crippen LogP contribution in [0.2, 0.25) is 5.02 Å². The second-order valence-electron chi connectivity index (χ2n) is 5.72. The Kier molecular flexibility index (Phi) is 5.05. The minimum absolute atomic E-state index is 0.112. The Bertz CT molecular complexity index is 942. The molecule has 0 aliphatic heterocycles. The lowest BCUT2D eigenvalue weighted by Gasteiger charge is -2.06. The van der Waals surface area contributed by atoms with E-state index in [1.165, 1.54) is 4.57 Å². The lowest BCUT2D eigenvalue weighted by atomic mass is 10.1. The Balaban J connectivity index is 1.66. The second-order valence-corrected chi connectivity index (χ2v) is 6.13.